The van der Waals surface area contributed by atoms with E-state index in [1.54, 1.807) is 42.5 Å². The van der Waals surface area contributed by atoms with Crippen molar-refractivity contribution >= 4 is 52.8 Å². The molecular weight excluding hydrogens is 531 g/mol. The predicted octanol–water partition coefficient (Wildman–Crippen LogP) is 6.03. The van der Waals surface area contributed by atoms with Crippen LogP contribution in [0.1, 0.15) is 25.0 Å². The van der Waals surface area contributed by atoms with Crippen molar-refractivity contribution in [2.24, 2.45) is 0 Å². The zero-order valence-electron chi connectivity index (χ0n) is 20.8. The van der Waals surface area contributed by atoms with Crippen molar-refractivity contribution in [3.05, 3.63) is 87.4 Å². The number of methoxy groups -OCH3 is 1. The largest absolute Gasteiger partial charge is 0.493 e. The molecule has 1 saturated heterocycles. The fraction of sp³-hybridized carbons (Fsp3) is 0.179. The molecule has 0 saturated carbocycles. The zero-order chi connectivity index (χ0) is 27.4. The smallest absolute Gasteiger partial charge is 0.335 e. The maximum absolute atomic E-state index is 13.3. The Morgan fingerprint density at radius 1 is 0.974 bits per heavy atom. The molecule has 0 atom stereocenters. The molecule has 1 N–H and O–H groups in total. The van der Waals surface area contributed by atoms with Crippen LogP contribution in [0, 0.1) is 0 Å². The first kappa shape index (κ1) is 27.0. The molecule has 196 valence electrons. The Hall–Kier alpha value is -4.01. The minimum absolute atomic E-state index is 0.149. The molecule has 38 heavy (non-hydrogen) atoms. The number of imide groups is 2. The topological polar surface area (TPSA) is 94.2 Å². The lowest BCUT2D eigenvalue weighted by atomic mass is 10.1. The number of carbonyl (C=O) groups is 3. The highest BCUT2D eigenvalue weighted by atomic mass is 35.5. The Balaban J connectivity index is 1.57. The Kier molecular flexibility index (Phi) is 8.24. The van der Waals surface area contributed by atoms with Crippen LogP contribution in [-0.2, 0) is 16.2 Å². The molecule has 10 heteroatoms. The summed E-state index contributed by atoms with van der Waals surface area (Å²) in [5.41, 5.74) is 1.24. The van der Waals surface area contributed by atoms with E-state index in [1.165, 1.54) is 13.2 Å². The maximum Gasteiger partial charge on any atom is 0.335 e. The first-order valence-corrected chi connectivity index (χ1v) is 12.4. The summed E-state index contributed by atoms with van der Waals surface area (Å²) >= 11 is 12.5. The Labute approximate surface area is 229 Å². The van der Waals surface area contributed by atoms with Crippen LogP contribution in [0.25, 0.3) is 6.08 Å². The van der Waals surface area contributed by atoms with Gasteiger partial charge in [-0.2, -0.15) is 0 Å². The van der Waals surface area contributed by atoms with Gasteiger partial charge in [0, 0.05) is 10.6 Å². The van der Waals surface area contributed by atoms with E-state index in [0.29, 0.717) is 27.8 Å². The number of hydrogen-bond acceptors (Lipinski definition) is 6. The molecule has 4 amide bonds. The first-order valence-electron chi connectivity index (χ1n) is 11.6. The molecule has 4 rings (SSSR count). The Bertz CT molecular complexity index is 1420. The summed E-state index contributed by atoms with van der Waals surface area (Å²) in [4.78, 5) is 39.3. The van der Waals surface area contributed by atoms with Crippen molar-refractivity contribution in [2.45, 2.75) is 26.6 Å². The second-order valence-corrected chi connectivity index (χ2v) is 9.35. The number of anilines is 1. The van der Waals surface area contributed by atoms with E-state index >= 15 is 0 Å². The molecule has 3 aromatic rings. The van der Waals surface area contributed by atoms with E-state index in [1.807, 2.05) is 32.0 Å². The van der Waals surface area contributed by atoms with E-state index in [9.17, 15) is 14.4 Å². The molecule has 8 nitrogen and oxygen atoms in total. The maximum atomic E-state index is 13.3. The summed E-state index contributed by atoms with van der Waals surface area (Å²) in [5.74, 6) is -0.424. The lowest BCUT2D eigenvalue weighted by Gasteiger charge is -2.26. The molecule has 3 aromatic carbocycles. The molecule has 0 radical (unpaired) electrons. The zero-order valence-corrected chi connectivity index (χ0v) is 22.3. The quantitative estimate of drug-likeness (QED) is 0.269. The van der Waals surface area contributed by atoms with Crippen molar-refractivity contribution < 1.29 is 28.6 Å². The summed E-state index contributed by atoms with van der Waals surface area (Å²) in [6, 6.07) is 15.9. The highest BCUT2D eigenvalue weighted by Gasteiger charge is 2.37. The molecule has 1 fully saturated rings. The van der Waals surface area contributed by atoms with Crippen molar-refractivity contribution in [3.8, 4) is 17.2 Å². The number of ether oxygens (including phenoxy) is 3. The van der Waals surface area contributed by atoms with Crippen molar-refractivity contribution in [1.29, 1.82) is 0 Å². The minimum atomic E-state index is -0.863. The highest BCUT2D eigenvalue weighted by molar-refractivity contribution is 6.39. The summed E-state index contributed by atoms with van der Waals surface area (Å²) in [7, 11) is 1.45. The van der Waals surface area contributed by atoms with Crippen molar-refractivity contribution in [3.63, 3.8) is 0 Å². The molecule has 1 aliphatic rings. The van der Waals surface area contributed by atoms with Gasteiger partial charge in [-0.25, -0.2) is 9.69 Å². The van der Waals surface area contributed by atoms with Crippen LogP contribution in [-0.4, -0.2) is 31.1 Å². The van der Waals surface area contributed by atoms with Gasteiger partial charge in [-0.1, -0.05) is 41.4 Å². The fourth-order valence-electron chi connectivity index (χ4n) is 3.70. The van der Waals surface area contributed by atoms with Crippen LogP contribution in [0.3, 0.4) is 0 Å². The van der Waals surface area contributed by atoms with Crippen LogP contribution in [0.2, 0.25) is 10.0 Å². The van der Waals surface area contributed by atoms with Gasteiger partial charge in [0.2, 0.25) is 0 Å². The second kappa shape index (κ2) is 11.6. The van der Waals surface area contributed by atoms with Crippen molar-refractivity contribution in [1.82, 2.24) is 5.32 Å². The van der Waals surface area contributed by atoms with Crippen LogP contribution >= 0.6 is 23.2 Å². The van der Waals surface area contributed by atoms with Gasteiger partial charge >= 0.3 is 6.03 Å². The van der Waals surface area contributed by atoms with E-state index in [2.05, 4.69) is 5.32 Å². The first-order chi connectivity index (χ1) is 18.2. The molecule has 0 aliphatic carbocycles. The number of benzene rings is 3. The van der Waals surface area contributed by atoms with Gasteiger partial charge in [-0.05, 0) is 68.0 Å². The van der Waals surface area contributed by atoms with Crippen LogP contribution in [0.15, 0.2) is 66.2 Å². The monoisotopic (exact) mass is 554 g/mol. The normalized spacial score (nSPS) is 14.6. The standard InChI is InChI=1S/C28H24Cl2N2O6/c1-16(2)38-25-23(30)13-17(14-24(25)36-3)12-21-26(33)31-28(35)32(27(21)34)19-8-10-20(11-9-19)37-15-18-6-4-5-7-22(18)29/h4-14,16H,15H2,1-3H3,(H,31,33,35)/b21-12+. The highest BCUT2D eigenvalue weighted by Crippen LogP contribution is 2.38. The number of hydrogen-bond donors (Lipinski definition) is 1. The average molecular weight is 555 g/mol. The lowest BCUT2D eigenvalue weighted by Crippen LogP contribution is -2.54. The Morgan fingerprint density at radius 2 is 1.68 bits per heavy atom. The van der Waals surface area contributed by atoms with E-state index in [-0.39, 0.29) is 29.0 Å². The number of barbiturate groups is 1. The molecule has 1 aliphatic heterocycles. The third kappa shape index (κ3) is 5.93. The molecule has 0 aromatic heterocycles. The van der Waals surface area contributed by atoms with Gasteiger partial charge in [0.05, 0.1) is 23.9 Å². The summed E-state index contributed by atoms with van der Waals surface area (Å²) in [6.07, 6.45) is 1.19. The lowest BCUT2D eigenvalue weighted by molar-refractivity contribution is -0.122. The molecule has 0 unspecified atom stereocenters. The fourth-order valence-corrected chi connectivity index (χ4v) is 4.15. The molecule has 0 bridgehead atoms. The predicted molar refractivity (Wildman–Crippen MR) is 145 cm³/mol. The van der Waals surface area contributed by atoms with Gasteiger partial charge in [-0.3, -0.25) is 14.9 Å². The third-order valence-corrected chi connectivity index (χ3v) is 6.11. The van der Waals surface area contributed by atoms with E-state index in [4.69, 9.17) is 37.4 Å². The minimum Gasteiger partial charge on any atom is -0.493 e. The van der Waals surface area contributed by atoms with Gasteiger partial charge in [-0.15, -0.1) is 0 Å². The van der Waals surface area contributed by atoms with Crippen LogP contribution in [0.4, 0.5) is 10.5 Å². The van der Waals surface area contributed by atoms with E-state index < -0.39 is 17.8 Å². The number of carbonyl (C=O) groups excluding carboxylic acids is 3. The number of rotatable bonds is 8. The molecular formula is C28H24Cl2N2O6. The number of nitrogens with zero attached hydrogens (tertiary/aromatic N) is 1. The summed E-state index contributed by atoms with van der Waals surface area (Å²) in [5, 5.41) is 3.03. The second-order valence-electron chi connectivity index (χ2n) is 8.53. The van der Waals surface area contributed by atoms with Gasteiger partial charge in [0.1, 0.15) is 17.9 Å². The van der Waals surface area contributed by atoms with Crippen molar-refractivity contribution in [2.75, 3.05) is 12.0 Å². The van der Waals surface area contributed by atoms with Gasteiger partial charge < -0.3 is 14.2 Å². The number of urea groups is 1. The average Bonchev–Trinajstić information content (AvgIpc) is 2.88. The number of nitrogens with one attached hydrogen (secondary N) is 1. The Morgan fingerprint density at radius 3 is 2.34 bits per heavy atom. The molecule has 1 heterocycles. The SMILES string of the molecule is COc1cc(/C=C2\C(=O)NC(=O)N(c3ccc(OCc4ccccc4Cl)cc3)C2=O)cc(Cl)c1OC(C)C. The summed E-state index contributed by atoms with van der Waals surface area (Å²) in [6.45, 7) is 3.94. The summed E-state index contributed by atoms with van der Waals surface area (Å²) < 4.78 is 16.8. The van der Waals surface area contributed by atoms with Gasteiger partial charge in [0.15, 0.2) is 11.5 Å². The number of halogens is 2. The van der Waals surface area contributed by atoms with Gasteiger partial charge in [0.25, 0.3) is 11.8 Å². The van der Waals surface area contributed by atoms with E-state index in [0.717, 1.165) is 10.5 Å². The third-order valence-electron chi connectivity index (χ3n) is 5.47. The van der Waals surface area contributed by atoms with Crippen LogP contribution in [0.5, 0.6) is 17.2 Å². The number of amides is 4. The van der Waals surface area contributed by atoms with Crippen LogP contribution < -0.4 is 24.4 Å². The molecule has 0 spiro atoms.